The molecular weight excluding hydrogens is 217 g/mol. The van der Waals surface area contributed by atoms with E-state index in [1.165, 1.54) is 6.07 Å². The molecule has 0 aromatic heterocycles. The molecule has 0 radical (unpaired) electrons. The van der Waals surface area contributed by atoms with E-state index in [-0.39, 0.29) is 17.6 Å². The summed E-state index contributed by atoms with van der Waals surface area (Å²) < 4.78 is 13.1. The van der Waals surface area contributed by atoms with Gasteiger partial charge in [-0.1, -0.05) is 31.9 Å². The van der Waals surface area contributed by atoms with Crippen LogP contribution in [0.5, 0.6) is 0 Å². The van der Waals surface area contributed by atoms with Gasteiger partial charge in [-0.15, -0.1) is 0 Å². The molecule has 2 N–H and O–H groups in total. The molecular formula is C14H20FNO. The van der Waals surface area contributed by atoms with E-state index in [1.54, 1.807) is 19.1 Å². The maximum absolute atomic E-state index is 13.1. The molecule has 94 valence electrons. The summed E-state index contributed by atoms with van der Waals surface area (Å²) >= 11 is 0. The van der Waals surface area contributed by atoms with E-state index in [0.717, 1.165) is 24.8 Å². The second kappa shape index (κ2) is 6.38. The smallest absolute Gasteiger partial charge is 0.220 e. The largest absolute Gasteiger partial charge is 0.369 e. The number of halogens is 1. The summed E-state index contributed by atoms with van der Waals surface area (Å²) in [5, 5.41) is 0. The van der Waals surface area contributed by atoms with Crippen molar-refractivity contribution in [3.8, 4) is 0 Å². The summed E-state index contributed by atoms with van der Waals surface area (Å²) in [5.74, 6) is -0.613. The zero-order valence-corrected chi connectivity index (χ0v) is 10.5. The number of aryl methyl sites for hydroxylation is 1. The van der Waals surface area contributed by atoms with Gasteiger partial charge >= 0.3 is 0 Å². The number of rotatable bonds is 6. The van der Waals surface area contributed by atoms with Crippen LogP contribution >= 0.6 is 0 Å². The van der Waals surface area contributed by atoms with Gasteiger partial charge in [-0.3, -0.25) is 4.79 Å². The Kier molecular flexibility index (Phi) is 5.13. The minimum atomic E-state index is -0.263. The van der Waals surface area contributed by atoms with Crippen LogP contribution < -0.4 is 5.73 Å². The fourth-order valence-electron chi connectivity index (χ4n) is 1.91. The lowest BCUT2D eigenvalue weighted by molar-refractivity contribution is -0.122. The van der Waals surface area contributed by atoms with Crippen LogP contribution in [0.3, 0.4) is 0 Å². The lowest BCUT2D eigenvalue weighted by atomic mass is 9.93. The van der Waals surface area contributed by atoms with Crippen LogP contribution in [0.1, 0.15) is 37.3 Å². The topological polar surface area (TPSA) is 43.1 Å². The molecule has 1 aromatic rings. The van der Waals surface area contributed by atoms with Crippen molar-refractivity contribution in [3.63, 3.8) is 0 Å². The Morgan fingerprint density at radius 1 is 1.47 bits per heavy atom. The molecule has 0 spiro atoms. The zero-order valence-electron chi connectivity index (χ0n) is 10.5. The first-order valence-electron chi connectivity index (χ1n) is 6.09. The van der Waals surface area contributed by atoms with E-state index in [9.17, 15) is 9.18 Å². The van der Waals surface area contributed by atoms with Gasteiger partial charge in [-0.25, -0.2) is 4.39 Å². The highest BCUT2D eigenvalue weighted by Crippen LogP contribution is 2.17. The van der Waals surface area contributed by atoms with Crippen LogP contribution in [0, 0.1) is 18.7 Å². The van der Waals surface area contributed by atoms with Gasteiger partial charge in [0.25, 0.3) is 0 Å². The normalized spacial score (nSPS) is 12.4. The molecule has 0 aliphatic carbocycles. The number of carbonyl (C=O) groups excluding carboxylic acids is 1. The summed E-state index contributed by atoms with van der Waals surface area (Å²) in [6.45, 7) is 3.81. The first kappa shape index (κ1) is 13.7. The Morgan fingerprint density at radius 3 is 2.71 bits per heavy atom. The minimum absolute atomic E-state index is 0.139. The number of nitrogens with two attached hydrogens (primary N) is 1. The molecule has 0 heterocycles. The molecule has 1 unspecified atom stereocenters. The number of amides is 1. The van der Waals surface area contributed by atoms with Gasteiger partial charge in [0.15, 0.2) is 0 Å². The van der Waals surface area contributed by atoms with Crippen molar-refractivity contribution in [3.05, 3.63) is 35.1 Å². The second-order valence-corrected chi connectivity index (χ2v) is 4.53. The first-order valence-corrected chi connectivity index (χ1v) is 6.09. The highest BCUT2D eigenvalue weighted by atomic mass is 19.1. The molecule has 1 amide bonds. The quantitative estimate of drug-likeness (QED) is 0.812. The van der Waals surface area contributed by atoms with E-state index in [0.29, 0.717) is 12.0 Å². The fourth-order valence-corrected chi connectivity index (χ4v) is 1.91. The second-order valence-electron chi connectivity index (χ2n) is 4.53. The Balaban J connectivity index is 2.71. The molecule has 0 bridgehead atoms. The SMILES string of the molecule is CCCCC(Cc1ccc(F)c(C)c1)C(N)=O. The third-order valence-corrected chi connectivity index (χ3v) is 3.01. The van der Waals surface area contributed by atoms with Crippen LogP contribution in [0.25, 0.3) is 0 Å². The Bertz CT molecular complexity index is 390. The Hall–Kier alpha value is -1.38. The molecule has 0 aliphatic heterocycles. The Morgan fingerprint density at radius 2 is 2.18 bits per heavy atom. The van der Waals surface area contributed by atoms with Gasteiger partial charge in [0, 0.05) is 5.92 Å². The summed E-state index contributed by atoms with van der Waals surface area (Å²) in [7, 11) is 0. The number of primary amides is 1. The predicted octanol–water partition coefficient (Wildman–Crippen LogP) is 2.97. The molecule has 17 heavy (non-hydrogen) atoms. The predicted molar refractivity (Wildman–Crippen MR) is 67.1 cm³/mol. The summed E-state index contributed by atoms with van der Waals surface area (Å²) in [6, 6.07) is 4.96. The van der Waals surface area contributed by atoms with E-state index in [1.807, 2.05) is 0 Å². The standard InChI is InChI=1S/C14H20FNO/c1-3-4-5-12(14(16)17)9-11-6-7-13(15)10(2)8-11/h6-8,12H,3-5,9H2,1-2H3,(H2,16,17). The molecule has 0 saturated heterocycles. The molecule has 3 heteroatoms. The molecule has 0 aliphatic rings. The molecule has 2 nitrogen and oxygen atoms in total. The molecule has 1 rings (SSSR count). The van der Waals surface area contributed by atoms with Crippen LogP contribution in [-0.2, 0) is 11.2 Å². The number of hydrogen-bond acceptors (Lipinski definition) is 1. The lowest BCUT2D eigenvalue weighted by Gasteiger charge is -2.13. The number of unbranched alkanes of at least 4 members (excludes halogenated alkanes) is 1. The first-order chi connectivity index (χ1) is 8.04. The lowest BCUT2D eigenvalue weighted by Crippen LogP contribution is -2.25. The monoisotopic (exact) mass is 237 g/mol. The van der Waals surface area contributed by atoms with Crippen molar-refractivity contribution >= 4 is 5.91 Å². The van der Waals surface area contributed by atoms with Crippen molar-refractivity contribution in [2.24, 2.45) is 11.7 Å². The van der Waals surface area contributed by atoms with Crippen molar-refractivity contribution in [1.29, 1.82) is 0 Å². The van der Waals surface area contributed by atoms with Gasteiger partial charge < -0.3 is 5.73 Å². The summed E-state index contributed by atoms with van der Waals surface area (Å²) in [5.41, 5.74) is 6.97. The maximum atomic E-state index is 13.1. The third-order valence-electron chi connectivity index (χ3n) is 3.01. The van der Waals surface area contributed by atoms with Crippen LogP contribution in [-0.4, -0.2) is 5.91 Å². The van der Waals surface area contributed by atoms with Crippen molar-refractivity contribution in [2.75, 3.05) is 0 Å². The van der Waals surface area contributed by atoms with Gasteiger partial charge in [-0.2, -0.15) is 0 Å². The van der Waals surface area contributed by atoms with Crippen LogP contribution in [0.4, 0.5) is 4.39 Å². The average Bonchev–Trinajstić information content (AvgIpc) is 2.28. The van der Waals surface area contributed by atoms with Crippen LogP contribution in [0.2, 0.25) is 0 Å². The fraction of sp³-hybridized carbons (Fsp3) is 0.500. The third kappa shape index (κ3) is 4.17. The van der Waals surface area contributed by atoms with Gasteiger partial charge in [0.2, 0.25) is 5.91 Å². The van der Waals surface area contributed by atoms with E-state index in [2.05, 4.69) is 6.92 Å². The van der Waals surface area contributed by atoms with Gasteiger partial charge in [-0.05, 0) is 37.0 Å². The summed E-state index contributed by atoms with van der Waals surface area (Å²) in [4.78, 5) is 11.3. The molecule has 1 atom stereocenters. The molecule has 0 fully saturated rings. The number of carbonyl (C=O) groups is 1. The van der Waals surface area contributed by atoms with E-state index in [4.69, 9.17) is 5.73 Å². The number of benzene rings is 1. The van der Waals surface area contributed by atoms with E-state index >= 15 is 0 Å². The van der Waals surface area contributed by atoms with Crippen LogP contribution in [0.15, 0.2) is 18.2 Å². The van der Waals surface area contributed by atoms with E-state index < -0.39 is 0 Å². The van der Waals surface area contributed by atoms with Crippen molar-refractivity contribution in [2.45, 2.75) is 39.5 Å². The Labute approximate surface area is 102 Å². The highest BCUT2D eigenvalue weighted by molar-refractivity contribution is 5.76. The minimum Gasteiger partial charge on any atom is -0.369 e. The maximum Gasteiger partial charge on any atom is 0.220 e. The summed E-state index contributed by atoms with van der Waals surface area (Å²) in [6.07, 6.45) is 3.46. The number of hydrogen-bond donors (Lipinski definition) is 1. The molecule has 0 saturated carbocycles. The van der Waals surface area contributed by atoms with Crippen molar-refractivity contribution < 1.29 is 9.18 Å². The zero-order chi connectivity index (χ0) is 12.8. The van der Waals surface area contributed by atoms with Crippen molar-refractivity contribution in [1.82, 2.24) is 0 Å². The van der Waals surface area contributed by atoms with Gasteiger partial charge in [0.1, 0.15) is 5.82 Å². The van der Waals surface area contributed by atoms with Gasteiger partial charge in [0.05, 0.1) is 0 Å². The molecule has 1 aromatic carbocycles. The highest BCUT2D eigenvalue weighted by Gasteiger charge is 2.15. The average molecular weight is 237 g/mol.